The van der Waals surface area contributed by atoms with E-state index < -0.39 is 75.2 Å². The zero-order valence-electron chi connectivity index (χ0n) is 28.9. The van der Waals surface area contributed by atoms with Crippen LogP contribution in [-0.4, -0.2) is 62.1 Å². The van der Waals surface area contributed by atoms with Crippen LogP contribution in [0.25, 0.3) is 6.08 Å². The number of hydrogen-bond acceptors (Lipinski definition) is 8. The Hall–Kier alpha value is -3.28. The second kappa shape index (κ2) is 12.5. The standard InChI is InChI=1S/C38H47F3O8/c1-22(2)23(3)19-32(44)49-30-21-29-33(5)15-14-28(48-31(43)12-9-25-7-10-26(11-8-25)38(39,40)41)20-27(33)13-16-36(29,46)37(47)18-17-35(45,24(4)42)34(30,37)6/h7-13,19,22,28-30,45-47H,14-18,20-21H2,1-6H3/b12-9+,23-19+/t28-,29+,30+,33-,34+,35+,36-,37+/m0/s1. The largest absolute Gasteiger partial charge is 0.459 e. The highest BCUT2D eigenvalue weighted by atomic mass is 19.4. The topological polar surface area (TPSA) is 130 Å². The monoisotopic (exact) mass is 688 g/mol. The van der Waals surface area contributed by atoms with Gasteiger partial charge in [0.05, 0.1) is 11.0 Å². The quantitative estimate of drug-likeness (QED) is 0.174. The molecule has 0 unspecified atom stereocenters. The third-order valence-electron chi connectivity index (χ3n) is 12.6. The second-order valence-corrected chi connectivity index (χ2v) is 15.3. The Balaban J connectivity index is 1.40. The van der Waals surface area contributed by atoms with Gasteiger partial charge in [-0.15, -0.1) is 0 Å². The van der Waals surface area contributed by atoms with Gasteiger partial charge in [0.15, 0.2) is 5.78 Å². The first kappa shape index (κ1) is 37.0. The van der Waals surface area contributed by atoms with Crippen molar-refractivity contribution in [1.82, 2.24) is 0 Å². The lowest BCUT2D eigenvalue weighted by Gasteiger charge is -2.67. The smallest absolute Gasteiger partial charge is 0.416 e. The maximum absolute atomic E-state index is 13.3. The van der Waals surface area contributed by atoms with Crippen molar-refractivity contribution in [3.8, 4) is 0 Å². The van der Waals surface area contributed by atoms with Crippen molar-refractivity contribution < 1.29 is 52.3 Å². The first-order chi connectivity index (χ1) is 22.6. The van der Waals surface area contributed by atoms with Gasteiger partial charge in [-0.2, -0.15) is 13.2 Å². The van der Waals surface area contributed by atoms with Crippen LogP contribution in [0.1, 0.15) is 97.6 Å². The fraction of sp³-hybridized carbons (Fsp3) is 0.605. The lowest BCUT2D eigenvalue weighted by Crippen LogP contribution is -2.78. The Morgan fingerprint density at radius 3 is 2.20 bits per heavy atom. The van der Waals surface area contributed by atoms with E-state index in [1.807, 2.05) is 26.8 Å². The van der Waals surface area contributed by atoms with Gasteiger partial charge in [0, 0.05) is 24.5 Å². The summed E-state index contributed by atoms with van der Waals surface area (Å²) in [6.45, 7) is 10.5. The Bertz CT molecular complexity index is 1590. The van der Waals surface area contributed by atoms with Crippen LogP contribution in [0.3, 0.4) is 0 Å². The molecule has 4 aliphatic carbocycles. The Kier molecular flexibility index (Phi) is 9.43. The van der Waals surface area contributed by atoms with Crippen molar-refractivity contribution in [3.05, 3.63) is 64.8 Å². The van der Waals surface area contributed by atoms with E-state index in [4.69, 9.17) is 9.47 Å². The first-order valence-corrected chi connectivity index (χ1v) is 16.9. The Morgan fingerprint density at radius 2 is 1.61 bits per heavy atom. The highest BCUT2D eigenvalue weighted by molar-refractivity contribution is 5.88. The van der Waals surface area contributed by atoms with E-state index in [-0.39, 0.29) is 31.6 Å². The maximum Gasteiger partial charge on any atom is 0.416 e. The highest BCUT2D eigenvalue weighted by Gasteiger charge is 2.81. The fourth-order valence-electron chi connectivity index (χ4n) is 9.13. The van der Waals surface area contributed by atoms with Crippen LogP contribution >= 0.6 is 0 Å². The number of esters is 2. The summed E-state index contributed by atoms with van der Waals surface area (Å²) >= 11 is 0. The summed E-state index contributed by atoms with van der Waals surface area (Å²) in [5.74, 6) is -2.42. The van der Waals surface area contributed by atoms with Crippen LogP contribution in [0, 0.1) is 22.7 Å². The molecule has 0 amide bonds. The van der Waals surface area contributed by atoms with Gasteiger partial charge in [-0.1, -0.05) is 50.1 Å². The minimum atomic E-state index is -4.46. The summed E-state index contributed by atoms with van der Waals surface area (Å²) in [5, 5.41) is 37.1. The lowest BCUT2D eigenvalue weighted by atomic mass is 9.42. The van der Waals surface area contributed by atoms with Crippen molar-refractivity contribution >= 4 is 23.8 Å². The maximum atomic E-state index is 13.3. The Morgan fingerprint density at radius 1 is 0.959 bits per heavy atom. The van der Waals surface area contributed by atoms with Crippen LogP contribution in [-0.2, 0) is 30.0 Å². The lowest BCUT2D eigenvalue weighted by molar-refractivity contribution is -0.314. The summed E-state index contributed by atoms with van der Waals surface area (Å²) in [6.07, 6.45) is 0.900. The molecule has 1 aromatic rings. The first-order valence-electron chi connectivity index (χ1n) is 16.9. The highest BCUT2D eigenvalue weighted by Crippen LogP contribution is 2.71. The second-order valence-electron chi connectivity index (χ2n) is 15.3. The molecule has 0 heterocycles. The van der Waals surface area contributed by atoms with Crippen molar-refractivity contribution in [3.63, 3.8) is 0 Å². The van der Waals surface area contributed by atoms with Crippen LogP contribution < -0.4 is 0 Å². The molecule has 0 saturated heterocycles. The molecule has 8 nitrogen and oxygen atoms in total. The van der Waals surface area contributed by atoms with Crippen molar-refractivity contribution in [2.75, 3.05) is 0 Å². The molecular weight excluding hydrogens is 641 g/mol. The summed E-state index contributed by atoms with van der Waals surface area (Å²) in [4.78, 5) is 39.0. The van der Waals surface area contributed by atoms with Crippen molar-refractivity contribution in [2.24, 2.45) is 22.7 Å². The van der Waals surface area contributed by atoms with Crippen molar-refractivity contribution in [1.29, 1.82) is 0 Å². The number of allylic oxidation sites excluding steroid dienone is 1. The number of halogens is 3. The number of ketones is 1. The van der Waals surface area contributed by atoms with Gasteiger partial charge in [0.2, 0.25) is 0 Å². The summed E-state index contributed by atoms with van der Waals surface area (Å²) in [7, 11) is 0. The molecule has 11 heteroatoms. The van der Waals surface area contributed by atoms with Gasteiger partial charge >= 0.3 is 18.1 Å². The van der Waals surface area contributed by atoms with E-state index in [1.54, 1.807) is 13.8 Å². The molecule has 3 fully saturated rings. The average molecular weight is 689 g/mol. The van der Waals surface area contributed by atoms with E-state index in [9.17, 15) is 42.9 Å². The number of ether oxygens (including phenoxy) is 2. The molecule has 0 bridgehead atoms. The summed E-state index contributed by atoms with van der Waals surface area (Å²) in [6, 6.07) is 4.41. The number of hydrogen-bond donors (Lipinski definition) is 3. The molecule has 8 atom stereocenters. The number of rotatable bonds is 7. The number of alkyl halides is 3. The number of aliphatic hydroxyl groups is 3. The predicted octanol–water partition coefficient (Wildman–Crippen LogP) is 6.27. The SMILES string of the molecule is CC(=O)[C@]1(O)CC[C@@]2(O)[C@]1(C)[C@H](OC(=O)/C=C(\C)C(C)C)C[C@@H]1[C@@]3(C)CC[C@H](OC(=O)/C=C/c4ccc(C(F)(F)F)cc4)CC3=CC[C@]12O. The van der Waals surface area contributed by atoms with E-state index in [2.05, 4.69) is 0 Å². The van der Waals surface area contributed by atoms with Gasteiger partial charge in [0.25, 0.3) is 0 Å². The molecule has 49 heavy (non-hydrogen) atoms. The van der Waals surface area contributed by atoms with Gasteiger partial charge in [-0.25, -0.2) is 9.59 Å². The third kappa shape index (κ3) is 5.89. The molecule has 5 rings (SSSR count). The minimum Gasteiger partial charge on any atom is -0.459 e. The van der Waals surface area contributed by atoms with Gasteiger partial charge in [0.1, 0.15) is 29.0 Å². The normalized spacial score (nSPS) is 37.6. The zero-order valence-corrected chi connectivity index (χ0v) is 28.9. The molecule has 0 aliphatic heterocycles. The molecule has 0 radical (unpaired) electrons. The zero-order chi connectivity index (χ0) is 36.4. The molecule has 0 aromatic heterocycles. The molecule has 268 valence electrons. The summed E-state index contributed by atoms with van der Waals surface area (Å²) < 4.78 is 50.4. The minimum absolute atomic E-state index is 0.0180. The number of benzene rings is 1. The Labute approximate surface area is 285 Å². The summed E-state index contributed by atoms with van der Waals surface area (Å²) in [5.41, 5.74) is -6.88. The van der Waals surface area contributed by atoms with Crippen molar-refractivity contribution in [2.45, 2.75) is 122 Å². The molecule has 4 aliphatic rings. The van der Waals surface area contributed by atoms with Crippen LogP contribution in [0.5, 0.6) is 0 Å². The molecular formula is C38H47F3O8. The molecule has 3 N–H and O–H groups in total. The number of Topliss-reactive ketones (excluding diaryl/α,β-unsaturated/α-hetero) is 1. The van der Waals surface area contributed by atoms with Crippen LogP contribution in [0.15, 0.2) is 53.6 Å². The van der Waals surface area contributed by atoms with Gasteiger partial charge in [-0.3, -0.25) is 4.79 Å². The van der Waals surface area contributed by atoms with Gasteiger partial charge in [-0.05, 0) is 94.4 Å². The van der Waals surface area contributed by atoms with Crippen LogP contribution in [0.4, 0.5) is 13.2 Å². The molecule has 3 saturated carbocycles. The van der Waals surface area contributed by atoms with Gasteiger partial charge < -0.3 is 24.8 Å². The molecule has 0 spiro atoms. The van der Waals surface area contributed by atoms with E-state index in [1.165, 1.54) is 37.3 Å². The third-order valence-corrected chi connectivity index (χ3v) is 12.6. The van der Waals surface area contributed by atoms with E-state index >= 15 is 0 Å². The number of fused-ring (bicyclic) bond motifs is 5. The van der Waals surface area contributed by atoms with E-state index in [0.29, 0.717) is 24.8 Å². The molecule has 1 aromatic carbocycles. The number of carbonyl (C=O) groups excluding carboxylic acids is 3. The number of carbonyl (C=O) groups is 3. The van der Waals surface area contributed by atoms with Crippen LogP contribution in [0.2, 0.25) is 0 Å². The average Bonchev–Trinajstić information content (AvgIpc) is 3.25. The fourth-order valence-corrected chi connectivity index (χ4v) is 9.13. The predicted molar refractivity (Wildman–Crippen MR) is 174 cm³/mol. The van der Waals surface area contributed by atoms with E-state index in [0.717, 1.165) is 23.3 Å².